The number of aromatic nitrogens is 1. The maximum absolute atomic E-state index is 12.1. The van der Waals surface area contributed by atoms with Crippen LogP contribution < -0.4 is 5.32 Å². The van der Waals surface area contributed by atoms with Crippen molar-refractivity contribution in [3.05, 3.63) is 40.5 Å². The molecule has 1 amide bonds. The Bertz CT molecular complexity index is 779. The number of pyridine rings is 1. The lowest BCUT2D eigenvalue weighted by atomic mass is 10.1. The molecule has 2 aliphatic heterocycles. The number of hydrogen-bond acceptors (Lipinski definition) is 4. The van der Waals surface area contributed by atoms with Crippen molar-refractivity contribution in [2.75, 3.05) is 6.54 Å². The van der Waals surface area contributed by atoms with Gasteiger partial charge in [-0.25, -0.2) is 4.98 Å². The third kappa shape index (κ3) is 2.08. The normalized spacial score (nSPS) is 28.1. The highest BCUT2D eigenvalue weighted by Crippen LogP contribution is 2.36. The fraction of sp³-hybridized carbons (Fsp3) is 0.375. The van der Waals surface area contributed by atoms with Gasteiger partial charge in [-0.2, -0.15) is 0 Å². The number of rotatable bonds is 1. The average Bonchev–Trinajstić information content (AvgIpc) is 2.98. The van der Waals surface area contributed by atoms with E-state index < -0.39 is 6.10 Å². The van der Waals surface area contributed by atoms with Gasteiger partial charge >= 0.3 is 0 Å². The van der Waals surface area contributed by atoms with Crippen molar-refractivity contribution in [2.24, 2.45) is 0 Å². The molecule has 1 aromatic carbocycles. The van der Waals surface area contributed by atoms with Gasteiger partial charge in [-0.15, -0.1) is 0 Å². The number of amides is 1. The fourth-order valence-corrected chi connectivity index (χ4v) is 3.68. The Labute approximate surface area is 132 Å². The second-order valence-electron chi connectivity index (χ2n) is 6.08. The highest BCUT2D eigenvalue weighted by molar-refractivity contribution is 6.30. The molecule has 1 aromatic heterocycles. The summed E-state index contributed by atoms with van der Waals surface area (Å²) in [5.74, 6) is -0.0537. The fourth-order valence-electron chi connectivity index (χ4n) is 3.43. The molecule has 0 spiro atoms. The van der Waals surface area contributed by atoms with Crippen LogP contribution in [0.15, 0.2) is 24.3 Å². The molecule has 2 aliphatic rings. The molecule has 0 saturated carbocycles. The van der Waals surface area contributed by atoms with Crippen LogP contribution in [0.3, 0.4) is 0 Å². The van der Waals surface area contributed by atoms with Crippen molar-refractivity contribution in [1.29, 1.82) is 0 Å². The van der Waals surface area contributed by atoms with Crippen LogP contribution in [-0.2, 0) is 4.79 Å². The van der Waals surface area contributed by atoms with E-state index in [9.17, 15) is 9.90 Å². The summed E-state index contributed by atoms with van der Waals surface area (Å²) in [6.45, 7) is 2.49. The minimum atomic E-state index is -0.465. The molecule has 22 heavy (non-hydrogen) atoms. The number of halogens is 1. The summed E-state index contributed by atoms with van der Waals surface area (Å²) < 4.78 is 0. The molecule has 4 rings (SSSR count). The second kappa shape index (κ2) is 4.91. The van der Waals surface area contributed by atoms with Gasteiger partial charge in [-0.05, 0) is 31.5 Å². The summed E-state index contributed by atoms with van der Waals surface area (Å²) in [4.78, 5) is 18.5. The number of carbonyl (C=O) groups excluding carboxylic acids is 1. The van der Waals surface area contributed by atoms with E-state index in [0.29, 0.717) is 18.1 Å². The van der Waals surface area contributed by atoms with Crippen LogP contribution in [-0.4, -0.2) is 39.6 Å². The molecule has 2 aromatic rings. The molecule has 0 unspecified atom stereocenters. The Morgan fingerprint density at radius 1 is 1.41 bits per heavy atom. The minimum Gasteiger partial charge on any atom is -0.392 e. The number of aliphatic hydroxyl groups excluding tert-OH is 1. The first-order chi connectivity index (χ1) is 10.5. The van der Waals surface area contributed by atoms with E-state index in [1.807, 2.05) is 30.0 Å². The van der Waals surface area contributed by atoms with Crippen LogP contribution in [0.25, 0.3) is 10.9 Å². The number of fused-ring (bicyclic) bond motifs is 2. The number of nitrogens with zero attached hydrogens (tertiary/aromatic N) is 2. The number of aliphatic hydroxyl groups is 1. The largest absolute Gasteiger partial charge is 0.392 e. The van der Waals surface area contributed by atoms with Gasteiger partial charge in [0.25, 0.3) is 0 Å². The van der Waals surface area contributed by atoms with E-state index in [-0.39, 0.29) is 18.1 Å². The van der Waals surface area contributed by atoms with E-state index in [4.69, 9.17) is 11.6 Å². The highest BCUT2D eigenvalue weighted by atomic mass is 35.5. The van der Waals surface area contributed by atoms with Crippen LogP contribution in [0.1, 0.15) is 23.7 Å². The Balaban J connectivity index is 1.80. The summed E-state index contributed by atoms with van der Waals surface area (Å²) >= 11 is 6.35. The van der Waals surface area contributed by atoms with E-state index in [1.54, 1.807) is 0 Å². The Hall–Kier alpha value is -1.69. The van der Waals surface area contributed by atoms with Gasteiger partial charge < -0.3 is 10.4 Å². The van der Waals surface area contributed by atoms with Gasteiger partial charge in [0.05, 0.1) is 17.7 Å². The lowest BCUT2D eigenvalue weighted by molar-refractivity contribution is -0.121. The Kier molecular flexibility index (Phi) is 3.11. The van der Waals surface area contributed by atoms with Crippen molar-refractivity contribution in [3.63, 3.8) is 0 Å². The molecule has 0 radical (unpaired) electrons. The highest BCUT2D eigenvalue weighted by Gasteiger charge is 2.47. The zero-order chi connectivity index (χ0) is 15.4. The Morgan fingerprint density at radius 2 is 2.23 bits per heavy atom. The summed E-state index contributed by atoms with van der Waals surface area (Å²) in [6.07, 6.45) is -0.312. The molecular weight excluding hydrogens is 302 g/mol. The third-order valence-electron chi connectivity index (χ3n) is 4.48. The maximum atomic E-state index is 12.1. The lowest BCUT2D eigenvalue weighted by Gasteiger charge is -2.23. The molecule has 0 aliphatic carbocycles. The van der Waals surface area contributed by atoms with Crippen LogP contribution in [0, 0.1) is 6.92 Å². The number of carbonyl (C=O) groups is 1. The smallest absolute Gasteiger partial charge is 0.239 e. The van der Waals surface area contributed by atoms with Crippen molar-refractivity contribution in [1.82, 2.24) is 15.2 Å². The number of nitrogens with one attached hydrogen (secondary N) is 1. The number of aryl methyl sites for hydroxylation is 1. The monoisotopic (exact) mass is 317 g/mol. The molecular formula is C16H16ClN3O2. The first-order valence-electron chi connectivity index (χ1n) is 7.34. The molecule has 114 valence electrons. The van der Waals surface area contributed by atoms with Crippen LogP contribution in [0.5, 0.6) is 0 Å². The van der Waals surface area contributed by atoms with Crippen molar-refractivity contribution in [2.45, 2.75) is 31.7 Å². The number of hydrogen-bond donors (Lipinski definition) is 2. The third-order valence-corrected chi connectivity index (χ3v) is 4.78. The SMILES string of the molecule is Cc1ccc2nc(Cl)c([C@@H]3NC(=O)[C@H]4C[C@H](O)CN43)cc2c1. The molecule has 2 N–H and O–H groups in total. The minimum absolute atomic E-state index is 0.0537. The van der Waals surface area contributed by atoms with Crippen molar-refractivity contribution in [3.8, 4) is 0 Å². The van der Waals surface area contributed by atoms with Gasteiger partial charge in [-0.3, -0.25) is 9.69 Å². The zero-order valence-corrected chi connectivity index (χ0v) is 12.8. The molecule has 6 heteroatoms. The predicted octanol–water partition coefficient (Wildman–Crippen LogP) is 1.76. The van der Waals surface area contributed by atoms with Crippen LogP contribution >= 0.6 is 11.6 Å². The standard InChI is InChI=1S/C16H16ClN3O2/c1-8-2-3-12-9(4-8)5-11(14(17)18-12)15-19-16(22)13-6-10(21)7-20(13)15/h2-5,10,13,15,21H,6-7H2,1H3,(H,19,22)/t10-,13+,15+/m0/s1. The summed E-state index contributed by atoms with van der Waals surface area (Å²) in [5.41, 5.74) is 2.76. The van der Waals surface area contributed by atoms with Crippen molar-refractivity contribution < 1.29 is 9.90 Å². The molecule has 2 saturated heterocycles. The second-order valence-corrected chi connectivity index (χ2v) is 6.44. The lowest BCUT2D eigenvalue weighted by Crippen LogP contribution is -2.30. The first kappa shape index (κ1) is 13.9. The van der Waals surface area contributed by atoms with Gasteiger partial charge in [-0.1, -0.05) is 23.2 Å². The van der Waals surface area contributed by atoms with Crippen LogP contribution in [0.2, 0.25) is 5.15 Å². The Morgan fingerprint density at radius 3 is 3.05 bits per heavy atom. The summed E-state index contributed by atoms with van der Waals surface area (Å²) in [5, 5.41) is 14.2. The van der Waals surface area contributed by atoms with E-state index in [2.05, 4.69) is 16.4 Å². The predicted molar refractivity (Wildman–Crippen MR) is 83.5 cm³/mol. The van der Waals surface area contributed by atoms with Gasteiger partial charge in [0.1, 0.15) is 11.3 Å². The van der Waals surface area contributed by atoms with Gasteiger partial charge in [0, 0.05) is 17.5 Å². The zero-order valence-electron chi connectivity index (χ0n) is 12.1. The number of benzene rings is 1. The summed E-state index contributed by atoms with van der Waals surface area (Å²) in [6, 6.07) is 7.69. The van der Waals surface area contributed by atoms with E-state index >= 15 is 0 Å². The van der Waals surface area contributed by atoms with E-state index in [0.717, 1.165) is 22.0 Å². The van der Waals surface area contributed by atoms with Gasteiger partial charge in [0.15, 0.2) is 0 Å². The molecule has 0 bridgehead atoms. The quantitative estimate of drug-likeness (QED) is 0.787. The van der Waals surface area contributed by atoms with Crippen molar-refractivity contribution >= 4 is 28.4 Å². The van der Waals surface area contributed by atoms with Gasteiger partial charge in [0.2, 0.25) is 5.91 Å². The van der Waals surface area contributed by atoms with E-state index in [1.165, 1.54) is 0 Å². The molecule has 5 nitrogen and oxygen atoms in total. The first-order valence-corrected chi connectivity index (χ1v) is 7.72. The average molecular weight is 318 g/mol. The topological polar surface area (TPSA) is 65.5 Å². The molecule has 2 fully saturated rings. The molecule has 3 atom stereocenters. The summed E-state index contributed by atoms with van der Waals surface area (Å²) in [7, 11) is 0. The maximum Gasteiger partial charge on any atom is 0.239 e. The molecule has 3 heterocycles. The van der Waals surface area contributed by atoms with Crippen LogP contribution in [0.4, 0.5) is 0 Å².